The second-order valence-corrected chi connectivity index (χ2v) is 7.47. The minimum atomic E-state index is -3.45. The number of nitrogens with one attached hydrogen (secondary N) is 2. The molecule has 1 fully saturated rings. The zero-order valence-electron chi connectivity index (χ0n) is 14.1. The fraction of sp³-hybridized carbons (Fsp3) is 0.562. The number of rotatable bonds is 7. The molecule has 2 rings (SSSR count). The summed E-state index contributed by atoms with van der Waals surface area (Å²) in [6.45, 7) is 6.50. The number of carbonyl (C=O) groups excluding carboxylic acids is 1. The van der Waals surface area contributed by atoms with Crippen LogP contribution in [0.5, 0.6) is 0 Å². The van der Waals surface area contributed by atoms with Crippen LogP contribution >= 0.6 is 0 Å². The van der Waals surface area contributed by atoms with Crippen LogP contribution in [0, 0.1) is 0 Å². The summed E-state index contributed by atoms with van der Waals surface area (Å²) in [4.78, 5) is 12.3. The Morgan fingerprint density at radius 1 is 1.29 bits per heavy atom. The van der Waals surface area contributed by atoms with Crippen molar-refractivity contribution in [2.75, 3.05) is 32.8 Å². The first-order chi connectivity index (χ1) is 11.5. The molecule has 1 aromatic carbocycles. The topological polar surface area (TPSA) is 87.7 Å². The van der Waals surface area contributed by atoms with Crippen molar-refractivity contribution >= 4 is 15.9 Å². The van der Waals surface area contributed by atoms with Crippen LogP contribution in [0.1, 0.15) is 19.4 Å². The molecule has 0 aliphatic carbocycles. The van der Waals surface area contributed by atoms with Crippen LogP contribution in [-0.4, -0.2) is 57.5 Å². The number of carbonyl (C=O) groups is 1. The van der Waals surface area contributed by atoms with Crippen molar-refractivity contribution in [2.24, 2.45) is 0 Å². The number of hydrogen-bond donors (Lipinski definition) is 2. The van der Waals surface area contributed by atoms with Crippen molar-refractivity contribution in [1.29, 1.82) is 0 Å². The van der Waals surface area contributed by atoms with Crippen molar-refractivity contribution in [3.05, 3.63) is 29.8 Å². The van der Waals surface area contributed by atoms with Crippen molar-refractivity contribution < 1.29 is 17.9 Å². The molecule has 1 heterocycles. The molecule has 1 saturated heterocycles. The van der Waals surface area contributed by atoms with E-state index in [1.54, 1.807) is 24.3 Å². The molecular weight excluding hydrogens is 330 g/mol. The maximum atomic E-state index is 12.4. The van der Waals surface area contributed by atoms with E-state index >= 15 is 0 Å². The second-order valence-electron chi connectivity index (χ2n) is 5.53. The van der Waals surface area contributed by atoms with E-state index < -0.39 is 10.0 Å². The average molecular weight is 355 g/mol. The number of sulfonamides is 1. The molecule has 8 heteroatoms. The Labute approximate surface area is 143 Å². The molecule has 0 radical (unpaired) electrons. The van der Waals surface area contributed by atoms with Crippen LogP contribution < -0.4 is 10.6 Å². The number of amides is 1. The Hall–Kier alpha value is -1.48. The maximum Gasteiger partial charge on any atom is 0.243 e. The molecule has 7 nitrogen and oxygen atoms in total. The number of morpholine rings is 1. The predicted octanol–water partition coefficient (Wildman–Crippen LogP) is 0.322. The van der Waals surface area contributed by atoms with E-state index in [2.05, 4.69) is 10.6 Å². The lowest BCUT2D eigenvalue weighted by atomic mass is 10.2. The second kappa shape index (κ2) is 8.57. The first-order valence-corrected chi connectivity index (χ1v) is 9.61. The summed E-state index contributed by atoms with van der Waals surface area (Å²) in [5, 5.41) is 5.92. The SMILES string of the molecule is CCN(CC)S(=O)(=O)c1ccc(CNC(=O)C2COCCN2)cc1. The monoisotopic (exact) mass is 355 g/mol. The first-order valence-electron chi connectivity index (χ1n) is 8.17. The zero-order valence-corrected chi connectivity index (χ0v) is 14.9. The van der Waals surface area contributed by atoms with Crippen LogP contribution in [-0.2, 0) is 26.1 Å². The van der Waals surface area contributed by atoms with Gasteiger partial charge >= 0.3 is 0 Å². The summed E-state index contributed by atoms with van der Waals surface area (Å²) >= 11 is 0. The van der Waals surface area contributed by atoms with Crippen molar-refractivity contribution in [3.63, 3.8) is 0 Å². The van der Waals surface area contributed by atoms with Gasteiger partial charge in [-0.15, -0.1) is 0 Å². The van der Waals surface area contributed by atoms with E-state index in [4.69, 9.17) is 4.74 Å². The van der Waals surface area contributed by atoms with E-state index in [0.29, 0.717) is 39.4 Å². The Bertz CT molecular complexity index is 636. The lowest BCUT2D eigenvalue weighted by Gasteiger charge is -2.23. The van der Waals surface area contributed by atoms with Gasteiger partial charge in [-0.2, -0.15) is 4.31 Å². The minimum absolute atomic E-state index is 0.116. The molecule has 1 unspecified atom stereocenters. The lowest BCUT2D eigenvalue weighted by molar-refractivity contribution is -0.126. The Morgan fingerprint density at radius 3 is 2.50 bits per heavy atom. The van der Waals surface area contributed by atoms with Gasteiger partial charge < -0.3 is 15.4 Å². The fourth-order valence-electron chi connectivity index (χ4n) is 2.54. The third kappa shape index (κ3) is 4.54. The van der Waals surface area contributed by atoms with E-state index in [0.717, 1.165) is 5.56 Å². The summed E-state index contributed by atoms with van der Waals surface area (Å²) in [5.41, 5.74) is 0.846. The van der Waals surface area contributed by atoms with E-state index in [1.165, 1.54) is 4.31 Å². The highest BCUT2D eigenvalue weighted by molar-refractivity contribution is 7.89. The van der Waals surface area contributed by atoms with Gasteiger partial charge in [0.25, 0.3) is 0 Å². The number of benzene rings is 1. The summed E-state index contributed by atoms with van der Waals surface area (Å²) in [5.74, 6) is -0.116. The van der Waals surface area contributed by atoms with Crippen LogP contribution in [0.3, 0.4) is 0 Å². The molecule has 0 aromatic heterocycles. The predicted molar refractivity (Wildman–Crippen MR) is 91.0 cm³/mol. The molecule has 2 N–H and O–H groups in total. The molecule has 0 bridgehead atoms. The van der Waals surface area contributed by atoms with Crippen molar-refractivity contribution in [2.45, 2.75) is 31.3 Å². The highest BCUT2D eigenvalue weighted by Gasteiger charge is 2.22. The van der Waals surface area contributed by atoms with E-state index in [1.807, 2.05) is 13.8 Å². The number of hydrogen-bond acceptors (Lipinski definition) is 5. The molecule has 0 saturated carbocycles. The molecule has 1 aliphatic heterocycles. The first kappa shape index (κ1) is 18.9. The number of nitrogens with zero attached hydrogens (tertiary/aromatic N) is 1. The quantitative estimate of drug-likeness (QED) is 0.736. The molecule has 134 valence electrons. The normalized spacial score (nSPS) is 18.5. The lowest BCUT2D eigenvalue weighted by Crippen LogP contribution is -2.51. The highest BCUT2D eigenvalue weighted by atomic mass is 32.2. The van der Waals surface area contributed by atoms with Crippen molar-refractivity contribution in [3.8, 4) is 0 Å². The Morgan fingerprint density at radius 2 is 1.96 bits per heavy atom. The van der Waals surface area contributed by atoms with Gasteiger partial charge in [-0.05, 0) is 17.7 Å². The van der Waals surface area contributed by atoms with Gasteiger partial charge in [-0.3, -0.25) is 4.79 Å². The average Bonchev–Trinajstić information content (AvgIpc) is 2.61. The standard InChI is InChI=1S/C16H25N3O4S/c1-3-19(4-2)24(21,22)14-7-5-13(6-8-14)11-18-16(20)15-12-23-10-9-17-15/h5-8,15,17H,3-4,9-12H2,1-2H3,(H,18,20). The van der Waals surface area contributed by atoms with E-state index in [-0.39, 0.29) is 16.8 Å². The Balaban J connectivity index is 1.95. The van der Waals surface area contributed by atoms with Crippen molar-refractivity contribution in [1.82, 2.24) is 14.9 Å². The smallest absolute Gasteiger partial charge is 0.243 e. The summed E-state index contributed by atoms with van der Waals surface area (Å²) in [6.07, 6.45) is 0. The summed E-state index contributed by atoms with van der Waals surface area (Å²) in [6, 6.07) is 6.28. The van der Waals surface area contributed by atoms with Gasteiger partial charge in [0.2, 0.25) is 15.9 Å². The summed E-state index contributed by atoms with van der Waals surface area (Å²) < 4.78 is 31.5. The summed E-state index contributed by atoms with van der Waals surface area (Å²) in [7, 11) is -3.45. The number of ether oxygens (including phenoxy) is 1. The van der Waals surface area contributed by atoms with Gasteiger partial charge in [-0.1, -0.05) is 26.0 Å². The van der Waals surface area contributed by atoms with Gasteiger partial charge in [0.05, 0.1) is 18.1 Å². The third-order valence-electron chi connectivity index (χ3n) is 3.97. The molecule has 1 aromatic rings. The Kier molecular flexibility index (Phi) is 6.73. The molecule has 1 amide bonds. The van der Waals surface area contributed by atoms with Gasteiger partial charge in [0, 0.05) is 26.2 Å². The van der Waals surface area contributed by atoms with Crippen LogP contribution in [0.25, 0.3) is 0 Å². The fourth-order valence-corrected chi connectivity index (χ4v) is 4.00. The van der Waals surface area contributed by atoms with Crippen LogP contribution in [0.4, 0.5) is 0 Å². The van der Waals surface area contributed by atoms with Gasteiger partial charge in [0.15, 0.2) is 0 Å². The third-order valence-corrected chi connectivity index (χ3v) is 6.04. The van der Waals surface area contributed by atoms with E-state index in [9.17, 15) is 13.2 Å². The van der Waals surface area contributed by atoms with Crippen LogP contribution in [0.15, 0.2) is 29.2 Å². The zero-order chi connectivity index (χ0) is 17.6. The molecular formula is C16H25N3O4S. The van der Waals surface area contributed by atoms with Crippen LogP contribution in [0.2, 0.25) is 0 Å². The maximum absolute atomic E-state index is 12.4. The molecule has 1 atom stereocenters. The highest BCUT2D eigenvalue weighted by Crippen LogP contribution is 2.16. The van der Waals surface area contributed by atoms with Gasteiger partial charge in [0.1, 0.15) is 6.04 Å². The molecule has 0 spiro atoms. The van der Waals surface area contributed by atoms with Gasteiger partial charge in [-0.25, -0.2) is 8.42 Å². The minimum Gasteiger partial charge on any atom is -0.378 e. The molecule has 1 aliphatic rings. The molecule has 24 heavy (non-hydrogen) atoms. The largest absolute Gasteiger partial charge is 0.378 e.